The molecule has 0 aliphatic carbocycles. The Hall–Kier alpha value is -2.80. The first-order valence-corrected chi connectivity index (χ1v) is 26.4. The number of rotatable bonds is 40. The van der Waals surface area contributed by atoms with Crippen LogP contribution in [0.3, 0.4) is 0 Å². The van der Waals surface area contributed by atoms with Gasteiger partial charge >= 0.3 is 11.9 Å². The van der Waals surface area contributed by atoms with E-state index in [4.69, 9.17) is 28.4 Å². The maximum Gasteiger partial charge on any atom is 0.306 e. The SMILES string of the molecule is CC/C=C/C/C=C/C/C=C/C/C=C/C/C=C/CCCC(=O)O[C@@H](COC(=O)CCCCCCCCCCCCCCCCCC)CO[C@@H]1O[C@H](CO[C@@H]2O[C@H](CO)[C@H](O)C(O)C2O)[C@H](O)C(O)C1O. The quantitative estimate of drug-likeness (QED) is 0.0178. The van der Waals surface area contributed by atoms with Crippen LogP contribution in [0.15, 0.2) is 60.8 Å². The van der Waals surface area contributed by atoms with Crippen molar-refractivity contribution in [1.82, 2.24) is 0 Å². The Kier molecular flexibility index (Phi) is 36.8. The maximum atomic E-state index is 13.0. The molecular formula is C54H92O15. The van der Waals surface area contributed by atoms with Gasteiger partial charge in [0.15, 0.2) is 18.7 Å². The molecule has 0 radical (unpaired) electrons. The van der Waals surface area contributed by atoms with Crippen LogP contribution in [0.25, 0.3) is 0 Å². The van der Waals surface area contributed by atoms with E-state index in [1.54, 1.807) is 0 Å². The van der Waals surface area contributed by atoms with Crippen molar-refractivity contribution in [3.05, 3.63) is 60.8 Å². The van der Waals surface area contributed by atoms with Gasteiger partial charge in [-0.25, -0.2) is 0 Å². The van der Waals surface area contributed by atoms with Crippen LogP contribution in [-0.2, 0) is 38.0 Å². The molecule has 15 heteroatoms. The molecule has 0 aromatic heterocycles. The summed E-state index contributed by atoms with van der Waals surface area (Å²) in [6.45, 7) is 2.42. The van der Waals surface area contributed by atoms with Gasteiger partial charge in [0, 0.05) is 12.8 Å². The Morgan fingerprint density at radius 3 is 1.42 bits per heavy atom. The molecule has 0 bridgehead atoms. The summed E-state index contributed by atoms with van der Waals surface area (Å²) in [5.41, 5.74) is 0. The zero-order valence-electron chi connectivity index (χ0n) is 42.0. The summed E-state index contributed by atoms with van der Waals surface area (Å²) < 4.78 is 33.5. The average Bonchev–Trinajstić information content (AvgIpc) is 3.34. The molecule has 0 saturated carbocycles. The van der Waals surface area contributed by atoms with E-state index in [1.807, 2.05) is 12.2 Å². The van der Waals surface area contributed by atoms with Crippen LogP contribution >= 0.6 is 0 Å². The van der Waals surface area contributed by atoms with Crippen molar-refractivity contribution in [3.8, 4) is 0 Å². The molecule has 398 valence electrons. The Morgan fingerprint density at radius 2 is 0.913 bits per heavy atom. The molecule has 4 unspecified atom stereocenters. The lowest BCUT2D eigenvalue weighted by atomic mass is 9.98. The third kappa shape index (κ3) is 28.7. The summed E-state index contributed by atoms with van der Waals surface area (Å²) in [6, 6.07) is 0. The highest BCUT2D eigenvalue weighted by Crippen LogP contribution is 2.26. The van der Waals surface area contributed by atoms with Crippen molar-refractivity contribution in [2.24, 2.45) is 0 Å². The Balaban J connectivity index is 1.83. The highest BCUT2D eigenvalue weighted by Gasteiger charge is 2.47. The molecule has 2 heterocycles. The van der Waals surface area contributed by atoms with Crippen molar-refractivity contribution in [2.75, 3.05) is 26.4 Å². The van der Waals surface area contributed by atoms with Crippen molar-refractivity contribution in [2.45, 2.75) is 242 Å². The lowest BCUT2D eigenvalue weighted by Crippen LogP contribution is -2.61. The number of hydrogen-bond donors (Lipinski definition) is 7. The van der Waals surface area contributed by atoms with Gasteiger partial charge in [-0.05, 0) is 51.4 Å². The van der Waals surface area contributed by atoms with Gasteiger partial charge in [-0.1, -0.05) is 171 Å². The van der Waals surface area contributed by atoms with Crippen molar-refractivity contribution in [1.29, 1.82) is 0 Å². The molecule has 2 aliphatic heterocycles. The monoisotopic (exact) mass is 981 g/mol. The van der Waals surface area contributed by atoms with Crippen LogP contribution in [0.5, 0.6) is 0 Å². The number of hydrogen-bond acceptors (Lipinski definition) is 15. The fourth-order valence-electron chi connectivity index (χ4n) is 7.96. The average molecular weight is 981 g/mol. The zero-order chi connectivity index (χ0) is 50.3. The predicted octanol–water partition coefficient (Wildman–Crippen LogP) is 7.66. The molecule has 7 N–H and O–H groups in total. The standard InChI is InChI=1S/C54H92O15/c1-3-5-7-9-11-13-15-17-19-21-23-25-27-29-31-33-35-37-46(57)67-42(39-64-45(56)36-34-32-30-28-26-24-22-20-18-16-14-12-10-8-6-4-2)40-65-53-52(63)50(61)48(59)44(69-53)41-66-54-51(62)49(60)47(58)43(38-55)68-54/h5,7,11,13,17,19,23,25,29,31,42-44,47-55,58-63H,3-4,6,8-10,12,14-16,18,20-22,24,26-28,30,32-41H2,1-2H3/b7-5+,13-11+,19-17+,25-23+,31-29+/t42-,43+,44+,47-,48-,49?,50?,51?,52?,53+,54+/m0/s1. The van der Waals surface area contributed by atoms with Gasteiger partial charge in [0.05, 0.1) is 19.8 Å². The first kappa shape index (κ1) is 62.3. The Morgan fingerprint density at radius 1 is 0.478 bits per heavy atom. The second-order valence-electron chi connectivity index (χ2n) is 18.3. The summed E-state index contributed by atoms with van der Waals surface area (Å²) >= 11 is 0. The Bertz CT molecular complexity index is 1430. The smallest absolute Gasteiger partial charge is 0.306 e. The summed E-state index contributed by atoms with van der Waals surface area (Å²) in [7, 11) is 0. The van der Waals surface area contributed by atoms with E-state index in [0.717, 1.165) is 51.4 Å². The normalized spacial score (nSPS) is 26.0. The van der Waals surface area contributed by atoms with Crippen LogP contribution < -0.4 is 0 Å². The number of unbranched alkanes of at least 4 members (excludes halogenated alkanes) is 16. The predicted molar refractivity (Wildman–Crippen MR) is 266 cm³/mol. The molecule has 2 aliphatic rings. The van der Waals surface area contributed by atoms with Crippen LogP contribution in [0.4, 0.5) is 0 Å². The molecule has 2 saturated heterocycles. The van der Waals surface area contributed by atoms with Gasteiger partial charge in [-0.2, -0.15) is 0 Å². The van der Waals surface area contributed by atoms with E-state index in [1.165, 1.54) is 77.0 Å². The van der Waals surface area contributed by atoms with Gasteiger partial charge < -0.3 is 64.2 Å². The topological polar surface area (TPSA) is 231 Å². The molecular weight excluding hydrogens is 889 g/mol. The molecule has 11 atom stereocenters. The summed E-state index contributed by atoms with van der Waals surface area (Å²) in [6.07, 6.45) is 29.7. The fourth-order valence-corrected chi connectivity index (χ4v) is 7.96. The first-order valence-electron chi connectivity index (χ1n) is 26.4. The largest absolute Gasteiger partial charge is 0.462 e. The fraction of sp³-hybridized carbons (Fsp3) is 0.778. The van der Waals surface area contributed by atoms with Crippen molar-refractivity contribution < 1.29 is 73.8 Å². The van der Waals surface area contributed by atoms with E-state index in [9.17, 15) is 45.3 Å². The van der Waals surface area contributed by atoms with E-state index in [2.05, 4.69) is 62.5 Å². The molecule has 0 spiro atoms. The second kappa shape index (κ2) is 40.8. The minimum absolute atomic E-state index is 0.0861. The second-order valence-corrected chi connectivity index (χ2v) is 18.3. The Labute approximate surface area is 413 Å². The van der Waals surface area contributed by atoms with Gasteiger partial charge in [0.25, 0.3) is 0 Å². The number of aliphatic hydroxyl groups excluding tert-OH is 7. The number of ether oxygens (including phenoxy) is 6. The molecule has 0 aromatic carbocycles. The van der Waals surface area contributed by atoms with Gasteiger partial charge in [-0.3, -0.25) is 9.59 Å². The van der Waals surface area contributed by atoms with Crippen molar-refractivity contribution >= 4 is 11.9 Å². The summed E-state index contributed by atoms with van der Waals surface area (Å²) in [5, 5.41) is 72.1. The zero-order valence-corrected chi connectivity index (χ0v) is 42.0. The number of aliphatic hydroxyl groups is 7. The lowest BCUT2D eigenvalue weighted by molar-refractivity contribution is -0.332. The highest BCUT2D eigenvalue weighted by atomic mass is 16.7. The minimum Gasteiger partial charge on any atom is -0.462 e. The molecule has 2 rings (SSSR count). The van der Waals surface area contributed by atoms with Gasteiger partial charge in [0.1, 0.15) is 55.4 Å². The van der Waals surface area contributed by atoms with Crippen LogP contribution in [0.1, 0.15) is 174 Å². The number of allylic oxidation sites excluding steroid dienone is 10. The van der Waals surface area contributed by atoms with E-state index >= 15 is 0 Å². The summed E-state index contributed by atoms with van der Waals surface area (Å²) in [4.78, 5) is 25.8. The molecule has 15 nitrogen and oxygen atoms in total. The van der Waals surface area contributed by atoms with Crippen LogP contribution in [0, 0.1) is 0 Å². The highest BCUT2D eigenvalue weighted by molar-refractivity contribution is 5.70. The van der Waals surface area contributed by atoms with Gasteiger partial charge in [-0.15, -0.1) is 0 Å². The molecule has 0 aromatic rings. The number of esters is 2. The van der Waals surface area contributed by atoms with Crippen LogP contribution in [-0.4, -0.2) is 142 Å². The third-order valence-electron chi connectivity index (χ3n) is 12.3. The van der Waals surface area contributed by atoms with E-state index < -0.39 is 99.3 Å². The summed E-state index contributed by atoms with van der Waals surface area (Å²) in [5.74, 6) is -0.992. The molecule has 0 amide bonds. The minimum atomic E-state index is -1.78. The number of carbonyl (C=O) groups excluding carboxylic acids is 2. The van der Waals surface area contributed by atoms with Gasteiger partial charge in [0.2, 0.25) is 0 Å². The van der Waals surface area contributed by atoms with E-state index in [0.29, 0.717) is 19.3 Å². The molecule has 69 heavy (non-hydrogen) atoms. The number of carbonyl (C=O) groups is 2. The maximum absolute atomic E-state index is 13.0. The van der Waals surface area contributed by atoms with E-state index in [-0.39, 0.29) is 19.4 Å². The van der Waals surface area contributed by atoms with Crippen molar-refractivity contribution in [3.63, 3.8) is 0 Å². The van der Waals surface area contributed by atoms with Crippen LogP contribution in [0.2, 0.25) is 0 Å². The third-order valence-corrected chi connectivity index (χ3v) is 12.3. The molecule has 2 fully saturated rings. The first-order chi connectivity index (χ1) is 33.5. The lowest BCUT2D eigenvalue weighted by Gasteiger charge is -2.42.